The van der Waals surface area contributed by atoms with Crippen LogP contribution >= 0.6 is 0 Å². The molecule has 1 heterocycles. The molecule has 4 heteroatoms. The number of aromatic hydroxyl groups is 1. The molecule has 104 valence electrons. The van der Waals surface area contributed by atoms with Gasteiger partial charge in [-0.25, -0.2) is 0 Å². The summed E-state index contributed by atoms with van der Waals surface area (Å²) in [5.41, 5.74) is 1.40. The number of phenols is 1. The first-order chi connectivity index (χ1) is 8.93. The number of carbonyl (C=O) groups is 1. The van der Waals surface area contributed by atoms with Crippen molar-refractivity contribution in [1.82, 2.24) is 10.2 Å². The summed E-state index contributed by atoms with van der Waals surface area (Å²) in [4.78, 5) is 14.3. The lowest BCUT2D eigenvalue weighted by Crippen LogP contribution is -2.58. The number of phenolic OH excluding ortho intramolecular Hbond substituents is 1. The zero-order chi connectivity index (χ0) is 14.0. The lowest BCUT2D eigenvalue weighted by Gasteiger charge is -2.39. The summed E-state index contributed by atoms with van der Waals surface area (Å²) in [5.74, 6) is -0.0130. The Morgan fingerprint density at radius 2 is 2.21 bits per heavy atom. The molecule has 1 aliphatic heterocycles. The molecule has 2 N–H and O–H groups in total. The average Bonchev–Trinajstić information content (AvgIpc) is 2.37. The van der Waals surface area contributed by atoms with Crippen LogP contribution in [0.25, 0.3) is 0 Å². The molecule has 19 heavy (non-hydrogen) atoms. The van der Waals surface area contributed by atoms with Gasteiger partial charge in [0.2, 0.25) is 0 Å². The fourth-order valence-electron chi connectivity index (χ4n) is 2.46. The number of hydrogen-bond acceptors (Lipinski definition) is 3. The molecule has 0 atom stereocenters. The van der Waals surface area contributed by atoms with Crippen molar-refractivity contribution in [3.63, 3.8) is 0 Å². The monoisotopic (exact) mass is 262 g/mol. The van der Waals surface area contributed by atoms with Crippen molar-refractivity contribution >= 4 is 5.91 Å². The van der Waals surface area contributed by atoms with E-state index in [0.29, 0.717) is 18.7 Å². The van der Waals surface area contributed by atoms with Gasteiger partial charge in [-0.05, 0) is 38.0 Å². The van der Waals surface area contributed by atoms with Crippen molar-refractivity contribution in [1.29, 1.82) is 0 Å². The van der Waals surface area contributed by atoms with Crippen molar-refractivity contribution in [2.75, 3.05) is 19.6 Å². The number of nitrogens with one attached hydrogen (secondary N) is 1. The molecule has 0 saturated carbocycles. The maximum absolute atomic E-state index is 12.5. The third kappa shape index (κ3) is 3.07. The molecule has 1 fully saturated rings. The second kappa shape index (κ2) is 5.21. The van der Waals surface area contributed by atoms with Crippen molar-refractivity contribution in [3.05, 3.63) is 29.3 Å². The summed E-state index contributed by atoms with van der Waals surface area (Å²) in [6.07, 6.45) is 0.855. The highest BCUT2D eigenvalue weighted by molar-refractivity contribution is 5.97. The smallest absolute Gasteiger partial charge is 0.257 e. The third-order valence-electron chi connectivity index (χ3n) is 3.56. The first-order valence-electron chi connectivity index (χ1n) is 6.79. The minimum Gasteiger partial charge on any atom is -0.507 e. The molecule has 0 bridgehead atoms. The number of piperazine rings is 1. The average molecular weight is 262 g/mol. The van der Waals surface area contributed by atoms with Gasteiger partial charge < -0.3 is 15.3 Å². The predicted octanol–water partition coefficient (Wildman–Crippen LogP) is 1.78. The van der Waals surface area contributed by atoms with Crippen LogP contribution in [0.3, 0.4) is 0 Å². The van der Waals surface area contributed by atoms with E-state index in [-0.39, 0.29) is 17.2 Å². The Labute approximate surface area is 114 Å². The van der Waals surface area contributed by atoms with E-state index in [9.17, 15) is 9.90 Å². The van der Waals surface area contributed by atoms with Crippen LogP contribution in [-0.4, -0.2) is 41.1 Å². The Morgan fingerprint density at radius 3 is 2.84 bits per heavy atom. The summed E-state index contributed by atoms with van der Waals surface area (Å²) >= 11 is 0. The minimum atomic E-state index is -0.0811. The first kappa shape index (κ1) is 13.9. The molecule has 2 rings (SSSR count). The van der Waals surface area contributed by atoms with Crippen molar-refractivity contribution in [2.45, 2.75) is 32.7 Å². The van der Waals surface area contributed by atoms with Gasteiger partial charge in [-0.2, -0.15) is 0 Å². The molecule has 0 radical (unpaired) electrons. The zero-order valence-electron chi connectivity index (χ0n) is 11.9. The molecule has 0 aliphatic carbocycles. The highest BCUT2D eigenvalue weighted by Crippen LogP contribution is 2.22. The Hall–Kier alpha value is -1.55. The van der Waals surface area contributed by atoms with Gasteiger partial charge in [0.1, 0.15) is 5.75 Å². The van der Waals surface area contributed by atoms with Crippen LogP contribution in [-0.2, 0) is 6.42 Å². The molecule has 1 aliphatic rings. The second-order valence-corrected chi connectivity index (χ2v) is 5.74. The van der Waals surface area contributed by atoms with Gasteiger partial charge in [0.05, 0.1) is 5.56 Å². The van der Waals surface area contributed by atoms with E-state index in [1.807, 2.05) is 17.9 Å². The Kier molecular flexibility index (Phi) is 3.80. The molecule has 0 spiro atoms. The summed E-state index contributed by atoms with van der Waals surface area (Å²) in [6, 6.07) is 5.26. The maximum atomic E-state index is 12.5. The van der Waals surface area contributed by atoms with Crippen LogP contribution in [0.2, 0.25) is 0 Å². The van der Waals surface area contributed by atoms with E-state index in [1.165, 1.54) is 0 Å². The van der Waals surface area contributed by atoms with Crippen molar-refractivity contribution < 1.29 is 9.90 Å². The standard InChI is InChI=1S/C15H22N2O2/c1-4-11-5-6-13(18)12(9-11)14(19)17-8-7-16-15(2,3)10-17/h5-6,9,16,18H,4,7-8,10H2,1-3H3. The van der Waals surface area contributed by atoms with Crippen LogP contribution in [0.4, 0.5) is 0 Å². The molecular weight excluding hydrogens is 240 g/mol. The molecule has 1 aromatic carbocycles. The minimum absolute atomic E-state index is 0.0681. The SMILES string of the molecule is CCc1ccc(O)c(C(=O)N2CCNC(C)(C)C2)c1. The number of hydrogen-bond donors (Lipinski definition) is 2. The number of nitrogens with zero attached hydrogens (tertiary/aromatic N) is 1. The highest BCUT2D eigenvalue weighted by atomic mass is 16.3. The number of rotatable bonds is 2. The van der Waals surface area contributed by atoms with E-state index in [4.69, 9.17) is 0 Å². The topological polar surface area (TPSA) is 52.6 Å². The quantitative estimate of drug-likeness (QED) is 0.854. The first-order valence-corrected chi connectivity index (χ1v) is 6.79. The van der Waals surface area contributed by atoms with Crippen molar-refractivity contribution in [3.8, 4) is 5.75 Å². The van der Waals surface area contributed by atoms with E-state index in [1.54, 1.807) is 12.1 Å². The van der Waals surface area contributed by atoms with Crippen LogP contribution in [0.15, 0.2) is 18.2 Å². The Balaban J connectivity index is 2.24. The van der Waals surface area contributed by atoms with Crippen LogP contribution in [0.5, 0.6) is 5.75 Å². The van der Waals surface area contributed by atoms with Gasteiger partial charge in [-0.1, -0.05) is 13.0 Å². The third-order valence-corrected chi connectivity index (χ3v) is 3.56. The van der Waals surface area contributed by atoms with Gasteiger partial charge in [0, 0.05) is 25.2 Å². The fraction of sp³-hybridized carbons (Fsp3) is 0.533. The van der Waals surface area contributed by atoms with Gasteiger partial charge in [-0.3, -0.25) is 4.79 Å². The van der Waals surface area contributed by atoms with E-state index in [2.05, 4.69) is 19.2 Å². The summed E-state index contributed by atoms with van der Waals surface area (Å²) in [7, 11) is 0. The van der Waals surface area contributed by atoms with E-state index >= 15 is 0 Å². The molecule has 1 aromatic rings. The lowest BCUT2D eigenvalue weighted by molar-refractivity contribution is 0.0649. The molecule has 1 amide bonds. The van der Waals surface area contributed by atoms with E-state index in [0.717, 1.165) is 18.5 Å². The molecule has 0 aromatic heterocycles. The highest BCUT2D eigenvalue weighted by Gasteiger charge is 2.30. The lowest BCUT2D eigenvalue weighted by atomic mass is 10.0. The largest absolute Gasteiger partial charge is 0.507 e. The Morgan fingerprint density at radius 1 is 1.47 bits per heavy atom. The molecule has 4 nitrogen and oxygen atoms in total. The Bertz CT molecular complexity index is 483. The zero-order valence-corrected chi connectivity index (χ0v) is 11.9. The molecular formula is C15H22N2O2. The van der Waals surface area contributed by atoms with Crippen molar-refractivity contribution in [2.24, 2.45) is 0 Å². The van der Waals surface area contributed by atoms with Gasteiger partial charge in [0.15, 0.2) is 0 Å². The summed E-state index contributed by atoms with van der Waals surface area (Å²) in [6.45, 7) is 8.31. The fourth-order valence-corrected chi connectivity index (χ4v) is 2.46. The second-order valence-electron chi connectivity index (χ2n) is 5.74. The van der Waals surface area contributed by atoms with Gasteiger partial charge in [0.25, 0.3) is 5.91 Å². The van der Waals surface area contributed by atoms with Crippen LogP contribution in [0.1, 0.15) is 36.7 Å². The number of amides is 1. The van der Waals surface area contributed by atoms with E-state index < -0.39 is 0 Å². The number of benzene rings is 1. The van der Waals surface area contributed by atoms with Crippen LogP contribution < -0.4 is 5.32 Å². The number of carbonyl (C=O) groups excluding carboxylic acids is 1. The molecule has 0 unspecified atom stereocenters. The maximum Gasteiger partial charge on any atom is 0.257 e. The normalized spacial score (nSPS) is 18.4. The van der Waals surface area contributed by atoms with Gasteiger partial charge in [-0.15, -0.1) is 0 Å². The summed E-state index contributed by atoms with van der Waals surface area (Å²) in [5, 5.41) is 13.3. The van der Waals surface area contributed by atoms with Gasteiger partial charge >= 0.3 is 0 Å². The number of aryl methyl sites for hydroxylation is 1. The summed E-state index contributed by atoms with van der Waals surface area (Å²) < 4.78 is 0. The molecule has 1 saturated heterocycles. The predicted molar refractivity (Wildman–Crippen MR) is 75.5 cm³/mol. The van der Waals surface area contributed by atoms with Crippen LogP contribution in [0, 0.1) is 0 Å².